The second-order valence-corrected chi connectivity index (χ2v) is 3.83. The van der Waals surface area contributed by atoms with Gasteiger partial charge in [0.25, 0.3) is 0 Å². The van der Waals surface area contributed by atoms with Crippen LogP contribution in [0.2, 0.25) is 0 Å². The lowest BCUT2D eigenvalue weighted by Crippen LogP contribution is -2.48. The van der Waals surface area contributed by atoms with Crippen LogP contribution in [0.5, 0.6) is 0 Å². The van der Waals surface area contributed by atoms with E-state index in [0.717, 1.165) is 24.5 Å². The van der Waals surface area contributed by atoms with Gasteiger partial charge >= 0.3 is 0 Å². The van der Waals surface area contributed by atoms with Crippen molar-refractivity contribution in [1.29, 1.82) is 0 Å². The molecule has 0 aromatic heterocycles. The number of nitrogens with two attached hydrogens (primary N) is 1. The van der Waals surface area contributed by atoms with Crippen molar-refractivity contribution in [3.63, 3.8) is 0 Å². The summed E-state index contributed by atoms with van der Waals surface area (Å²) in [5.41, 5.74) is 7.46. The Morgan fingerprint density at radius 1 is 1.33 bits per heavy atom. The van der Waals surface area contributed by atoms with E-state index in [1.165, 1.54) is 0 Å². The molecular weight excluding hydrogens is 190 g/mol. The van der Waals surface area contributed by atoms with Crippen molar-refractivity contribution >= 4 is 17.3 Å². The van der Waals surface area contributed by atoms with Crippen molar-refractivity contribution in [3.8, 4) is 0 Å². The quantitative estimate of drug-likeness (QED) is 0.681. The predicted octanol–water partition coefficient (Wildman–Crippen LogP) is 0.547. The van der Waals surface area contributed by atoms with E-state index in [9.17, 15) is 4.79 Å². The highest BCUT2D eigenvalue weighted by molar-refractivity contribution is 5.82. The number of nitrogen functional groups attached to an aromatic ring is 1. The van der Waals surface area contributed by atoms with E-state index >= 15 is 0 Å². The van der Waals surface area contributed by atoms with Crippen molar-refractivity contribution in [2.24, 2.45) is 0 Å². The molecule has 80 valence electrons. The van der Waals surface area contributed by atoms with Gasteiger partial charge in [0.05, 0.1) is 6.54 Å². The zero-order valence-electron chi connectivity index (χ0n) is 8.81. The highest BCUT2D eigenvalue weighted by atomic mass is 16.2. The summed E-state index contributed by atoms with van der Waals surface area (Å²) in [5.74, 6) is 0.156. The Morgan fingerprint density at radius 3 is 2.80 bits per heavy atom. The highest BCUT2D eigenvalue weighted by Crippen LogP contribution is 2.18. The smallest absolute Gasteiger partial charge is 0.241 e. The molecule has 2 rings (SSSR count). The summed E-state index contributed by atoms with van der Waals surface area (Å²) in [4.78, 5) is 15.3. The Labute approximate surface area is 89.3 Å². The van der Waals surface area contributed by atoms with Crippen LogP contribution in [0, 0.1) is 0 Å². The minimum atomic E-state index is 0.156. The average molecular weight is 205 g/mol. The van der Waals surface area contributed by atoms with E-state index in [0.29, 0.717) is 6.54 Å². The number of benzene rings is 1. The van der Waals surface area contributed by atoms with Crippen LogP contribution in [-0.4, -0.2) is 37.5 Å². The van der Waals surface area contributed by atoms with Gasteiger partial charge in [-0.15, -0.1) is 0 Å². The standard InChI is InChI=1S/C11H15N3O/c1-13-5-6-14(8-11(13)15)10-4-2-3-9(12)7-10/h2-4,7H,5-6,8,12H2,1H3. The first kappa shape index (κ1) is 9.83. The Kier molecular flexibility index (Phi) is 2.49. The van der Waals surface area contributed by atoms with Gasteiger partial charge in [0.1, 0.15) is 0 Å². The number of piperazine rings is 1. The molecule has 1 amide bonds. The van der Waals surface area contributed by atoms with Crippen LogP contribution in [0.3, 0.4) is 0 Å². The summed E-state index contributed by atoms with van der Waals surface area (Å²) < 4.78 is 0. The van der Waals surface area contributed by atoms with E-state index in [1.807, 2.05) is 31.3 Å². The highest BCUT2D eigenvalue weighted by Gasteiger charge is 2.20. The molecule has 1 aromatic carbocycles. The second-order valence-electron chi connectivity index (χ2n) is 3.83. The molecule has 0 aliphatic carbocycles. The van der Waals surface area contributed by atoms with Crippen LogP contribution in [0.25, 0.3) is 0 Å². The number of hydrogen-bond donors (Lipinski definition) is 1. The third-order valence-corrected chi connectivity index (χ3v) is 2.69. The molecule has 4 heteroatoms. The van der Waals surface area contributed by atoms with Gasteiger partial charge in [-0.05, 0) is 18.2 Å². The third-order valence-electron chi connectivity index (χ3n) is 2.69. The zero-order valence-corrected chi connectivity index (χ0v) is 8.81. The van der Waals surface area contributed by atoms with Crippen molar-refractivity contribution < 1.29 is 4.79 Å². The first-order chi connectivity index (χ1) is 7.16. The van der Waals surface area contributed by atoms with Gasteiger partial charge < -0.3 is 15.5 Å². The minimum Gasteiger partial charge on any atom is -0.399 e. The molecule has 1 aliphatic heterocycles. The summed E-state index contributed by atoms with van der Waals surface area (Å²) in [5, 5.41) is 0. The lowest BCUT2D eigenvalue weighted by molar-refractivity contribution is -0.129. The van der Waals surface area contributed by atoms with Crippen LogP contribution >= 0.6 is 0 Å². The maximum absolute atomic E-state index is 11.5. The monoisotopic (exact) mass is 205 g/mol. The molecule has 1 saturated heterocycles. The van der Waals surface area contributed by atoms with Gasteiger partial charge in [-0.25, -0.2) is 0 Å². The van der Waals surface area contributed by atoms with Crippen LogP contribution in [0.15, 0.2) is 24.3 Å². The number of rotatable bonds is 1. The van der Waals surface area contributed by atoms with Crippen LogP contribution in [0.1, 0.15) is 0 Å². The van der Waals surface area contributed by atoms with E-state index in [2.05, 4.69) is 4.90 Å². The van der Waals surface area contributed by atoms with Crippen molar-refractivity contribution in [3.05, 3.63) is 24.3 Å². The molecule has 1 heterocycles. The molecule has 0 bridgehead atoms. The largest absolute Gasteiger partial charge is 0.399 e. The molecule has 0 radical (unpaired) electrons. The fourth-order valence-corrected chi connectivity index (χ4v) is 1.70. The lowest BCUT2D eigenvalue weighted by atomic mass is 10.2. The summed E-state index contributed by atoms with van der Waals surface area (Å²) >= 11 is 0. The molecule has 0 unspecified atom stereocenters. The number of likely N-dealkylation sites (N-methyl/N-ethyl adjacent to an activating group) is 1. The van der Waals surface area contributed by atoms with E-state index in [1.54, 1.807) is 4.90 Å². The van der Waals surface area contributed by atoms with E-state index < -0.39 is 0 Å². The van der Waals surface area contributed by atoms with Crippen molar-refractivity contribution in [1.82, 2.24) is 4.90 Å². The molecule has 1 aliphatic rings. The number of nitrogens with zero attached hydrogens (tertiary/aromatic N) is 2. The molecule has 1 fully saturated rings. The molecule has 2 N–H and O–H groups in total. The third kappa shape index (κ3) is 2.03. The Bertz CT molecular complexity index is 378. The van der Waals surface area contributed by atoms with E-state index in [4.69, 9.17) is 5.73 Å². The summed E-state index contributed by atoms with van der Waals surface area (Å²) in [6.07, 6.45) is 0. The molecule has 0 atom stereocenters. The number of carbonyl (C=O) groups is 1. The van der Waals surface area contributed by atoms with Gasteiger partial charge in [-0.3, -0.25) is 4.79 Å². The number of anilines is 2. The Morgan fingerprint density at radius 2 is 2.13 bits per heavy atom. The molecule has 0 saturated carbocycles. The number of carbonyl (C=O) groups excluding carboxylic acids is 1. The van der Waals surface area contributed by atoms with Gasteiger partial charge in [0.15, 0.2) is 0 Å². The molecule has 4 nitrogen and oxygen atoms in total. The van der Waals surface area contributed by atoms with E-state index in [-0.39, 0.29) is 5.91 Å². The zero-order chi connectivity index (χ0) is 10.8. The fourth-order valence-electron chi connectivity index (χ4n) is 1.70. The molecular formula is C11H15N3O. The fraction of sp³-hybridized carbons (Fsp3) is 0.364. The van der Waals surface area contributed by atoms with Crippen molar-refractivity contribution in [2.75, 3.05) is 37.3 Å². The van der Waals surface area contributed by atoms with Crippen LogP contribution < -0.4 is 10.6 Å². The predicted molar refractivity (Wildman–Crippen MR) is 60.7 cm³/mol. The maximum atomic E-state index is 11.5. The molecule has 1 aromatic rings. The second kappa shape index (κ2) is 3.81. The topological polar surface area (TPSA) is 49.6 Å². The molecule has 0 spiro atoms. The van der Waals surface area contributed by atoms with Crippen LogP contribution in [-0.2, 0) is 4.79 Å². The normalized spacial score (nSPS) is 17.0. The van der Waals surface area contributed by atoms with Gasteiger partial charge in [0, 0.05) is 31.5 Å². The summed E-state index contributed by atoms with van der Waals surface area (Å²) in [7, 11) is 1.83. The maximum Gasteiger partial charge on any atom is 0.241 e. The van der Waals surface area contributed by atoms with Gasteiger partial charge in [-0.1, -0.05) is 6.07 Å². The summed E-state index contributed by atoms with van der Waals surface area (Å²) in [6.45, 7) is 2.08. The Hall–Kier alpha value is -1.71. The Balaban J connectivity index is 2.15. The first-order valence-electron chi connectivity index (χ1n) is 5.01. The number of amides is 1. The van der Waals surface area contributed by atoms with Gasteiger partial charge in [-0.2, -0.15) is 0 Å². The molecule has 15 heavy (non-hydrogen) atoms. The summed E-state index contributed by atoms with van der Waals surface area (Å²) in [6, 6.07) is 7.64. The average Bonchev–Trinajstić information content (AvgIpc) is 2.22. The minimum absolute atomic E-state index is 0.156. The number of hydrogen-bond acceptors (Lipinski definition) is 3. The van der Waals surface area contributed by atoms with Gasteiger partial charge in [0.2, 0.25) is 5.91 Å². The lowest BCUT2D eigenvalue weighted by Gasteiger charge is -2.33. The first-order valence-corrected chi connectivity index (χ1v) is 5.01. The van der Waals surface area contributed by atoms with Crippen LogP contribution in [0.4, 0.5) is 11.4 Å². The van der Waals surface area contributed by atoms with Crippen molar-refractivity contribution in [2.45, 2.75) is 0 Å². The SMILES string of the molecule is CN1CCN(c2cccc(N)c2)CC1=O.